The van der Waals surface area contributed by atoms with Crippen molar-refractivity contribution in [3.63, 3.8) is 0 Å². The largest absolute Gasteiger partial charge is 0.491 e. The second-order valence-electron chi connectivity index (χ2n) is 4.00. The molecule has 1 rings (SSSR count). The summed E-state index contributed by atoms with van der Waals surface area (Å²) < 4.78 is 5.61. The van der Waals surface area contributed by atoms with Gasteiger partial charge in [-0.1, -0.05) is 6.92 Å². The van der Waals surface area contributed by atoms with E-state index in [-0.39, 0.29) is 11.8 Å². The molecule has 0 heterocycles. The highest BCUT2D eigenvalue weighted by molar-refractivity contribution is 5.43. The molecule has 0 unspecified atom stereocenters. The van der Waals surface area contributed by atoms with Crippen molar-refractivity contribution in [2.24, 2.45) is 0 Å². The topological polar surface area (TPSA) is 64.4 Å². The van der Waals surface area contributed by atoms with Crippen LogP contribution >= 0.6 is 0 Å². The molecule has 0 spiro atoms. The number of nitro groups is 1. The van der Waals surface area contributed by atoms with Crippen molar-refractivity contribution >= 4 is 5.69 Å². The molecular weight excluding hydrogens is 220 g/mol. The lowest BCUT2D eigenvalue weighted by molar-refractivity contribution is -0.384. The molecule has 0 saturated heterocycles. The number of benzene rings is 1. The van der Waals surface area contributed by atoms with E-state index in [0.29, 0.717) is 12.3 Å². The molecule has 17 heavy (non-hydrogen) atoms. The predicted molar refractivity (Wildman–Crippen MR) is 66.2 cm³/mol. The van der Waals surface area contributed by atoms with Gasteiger partial charge in [0.25, 0.3) is 5.69 Å². The van der Waals surface area contributed by atoms with E-state index in [4.69, 9.17) is 4.74 Å². The van der Waals surface area contributed by atoms with Crippen molar-refractivity contribution in [3.05, 3.63) is 33.9 Å². The molecule has 0 bridgehead atoms. The predicted octanol–water partition coefficient (Wildman–Crippen LogP) is 2.49. The molecule has 0 aliphatic heterocycles. The summed E-state index contributed by atoms with van der Waals surface area (Å²) >= 11 is 0. The Morgan fingerprint density at radius 2 is 2.18 bits per heavy atom. The van der Waals surface area contributed by atoms with E-state index in [0.717, 1.165) is 12.1 Å². The minimum atomic E-state index is -0.394. The number of ether oxygens (including phenoxy) is 1. The van der Waals surface area contributed by atoms with Gasteiger partial charge in [-0.3, -0.25) is 10.1 Å². The molecule has 0 fully saturated rings. The zero-order valence-corrected chi connectivity index (χ0v) is 10.4. The Balaban J connectivity index is 2.98. The molecule has 0 atom stereocenters. The molecule has 94 valence electrons. The molecule has 5 nitrogen and oxygen atoms in total. The lowest BCUT2D eigenvalue weighted by Gasteiger charge is -2.14. The number of rotatable bonds is 6. The van der Waals surface area contributed by atoms with Crippen molar-refractivity contribution in [2.45, 2.75) is 33.4 Å². The number of non-ortho nitro benzene ring substituents is 1. The minimum absolute atomic E-state index is 0.0526. The van der Waals surface area contributed by atoms with Crippen molar-refractivity contribution in [3.8, 4) is 5.75 Å². The van der Waals surface area contributed by atoms with Gasteiger partial charge in [-0.15, -0.1) is 0 Å². The van der Waals surface area contributed by atoms with Gasteiger partial charge in [-0.25, -0.2) is 0 Å². The Morgan fingerprint density at radius 1 is 1.47 bits per heavy atom. The zero-order chi connectivity index (χ0) is 12.8. The Kier molecular flexibility index (Phi) is 4.90. The summed E-state index contributed by atoms with van der Waals surface area (Å²) in [5, 5.41) is 13.8. The van der Waals surface area contributed by atoms with Crippen LogP contribution in [0.25, 0.3) is 0 Å². The normalized spacial score (nSPS) is 10.6. The molecule has 0 amide bonds. The Morgan fingerprint density at radius 3 is 2.71 bits per heavy atom. The first-order chi connectivity index (χ1) is 8.04. The van der Waals surface area contributed by atoms with E-state index < -0.39 is 4.92 Å². The lowest BCUT2D eigenvalue weighted by atomic mass is 10.1. The Labute approximate surface area is 101 Å². The van der Waals surface area contributed by atoms with Crippen LogP contribution in [0.2, 0.25) is 0 Å². The van der Waals surface area contributed by atoms with Crippen molar-refractivity contribution in [1.29, 1.82) is 0 Å². The summed E-state index contributed by atoms with van der Waals surface area (Å²) in [5.41, 5.74) is 0.906. The van der Waals surface area contributed by atoms with Gasteiger partial charge in [0.15, 0.2) is 0 Å². The average Bonchev–Trinajstić information content (AvgIpc) is 2.26. The fourth-order valence-electron chi connectivity index (χ4n) is 1.45. The van der Waals surface area contributed by atoms with Gasteiger partial charge >= 0.3 is 0 Å². The zero-order valence-electron chi connectivity index (χ0n) is 10.4. The van der Waals surface area contributed by atoms with E-state index in [9.17, 15) is 10.1 Å². The number of hydrogen-bond donors (Lipinski definition) is 1. The quantitative estimate of drug-likeness (QED) is 0.611. The molecule has 0 saturated carbocycles. The smallest absolute Gasteiger partial charge is 0.270 e. The molecule has 1 aromatic rings. The monoisotopic (exact) mass is 238 g/mol. The molecule has 1 N–H and O–H groups in total. The van der Waals surface area contributed by atoms with Crippen LogP contribution in [-0.4, -0.2) is 17.6 Å². The summed E-state index contributed by atoms with van der Waals surface area (Å²) in [7, 11) is 0. The van der Waals surface area contributed by atoms with E-state index >= 15 is 0 Å². The highest BCUT2D eigenvalue weighted by Gasteiger charge is 2.12. The second-order valence-corrected chi connectivity index (χ2v) is 4.00. The third kappa shape index (κ3) is 4.03. The molecule has 0 aromatic heterocycles. The number of hydrogen-bond acceptors (Lipinski definition) is 4. The summed E-state index contributed by atoms with van der Waals surface area (Å²) in [6.45, 7) is 7.22. The van der Waals surface area contributed by atoms with Gasteiger partial charge in [0.05, 0.1) is 11.0 Å². The van der Waals surface area contributed by atoms with Gasteiger partial charge < -0.3 is 10.1 Å². The van der Waals surface area contributed by atoms with Crippen molar-refractivity contribution in [1.82, 2.24) is 5.32 Å². The lowest BCUT2D eigenvalue weighted by Crippen LogP contribution is -2.14. The molecular formula is C12H18N2O3. The summed E-state index contributed by atoms with van der Waals surface area (Å²) in [4.78, 5) is 10.3. The third-order valence-electron chi connectivity index (χ3n) is 2.18. The highest BCUT2D eigenvalue weighted by atomic mass is 16.6. The van der Waals surface area contributed by atoms with E-state index in [2.05, 4.69) is 5.32 Å². The van der Waals surface area contributed by atoms with Crippen LogP contribution in [0.15, 0.2) is 18.2 Å². The fourth-order valence-corrected chi connectivity index (χ4v) is 1.45. The minimum Gasteiger partial charge on any atom is -0.491 e. The van der Waals surface area contributed by atoms with Crippen LogP contribution in [0, 0.1) is 10.1 Å². The first kappa shape index (κ1) is 13.4. The Hall–Kier alpha value is -1.62. The summed E-state index contributed by atoms with van der Waals surface area (Å²) in [6, 6.07) is 4.68. The van der Waals surface area contributed by atoms with Crippen LogP contribution in [0.4, 0.5) is 5.69 Å². The maximum Gasteiger partial charge on any atom is 0.270 e. The van der Waals surface area contributed by atoms with Gasteiger partial charge in [0.1, 0.15) is 5.75 Å². The van der Waals surface area contributed by atoms with Gasteiger partial charge in [0, 0.05) is 24.2 Å². The highest BCUT2D eigenvalue weighted by Crippen LogP contribution is 2.25. The van der Waals surface area contributed by atoms with Gasteiger partial charge in [-0.05, 0) is 26.5 Å². The maximum absolute atomic E-state index is 10.7. The van der Waals surface area contributed by atoms with Crippen molar-refractivity contribution in [2.75, 3.05) is 6.54 Å². The van der Waals surface area contributed by atoms with Crippen LogP contribution in [-0.2, 0) is 6.54 Å². The molecule has 5 heteroatoms. The first-order valence-corrected chi connectivity index (χ1v) is 5.69. The Bertz CT molecular complexity index is 391. The van der Waals surface area contributed by atoms with Gasteiger partial charge in [0.2, 0.25) is 0 Å². The molecule has 0 radical (unpaired) electrons. The maximum atomic E-state index is 10.7. The number of nitrogens with one attached hydrogen (secondary N) is 1. The van der Waals surface area contributed by atoms with Crippen LogP contribution in [0.1, 0.15) is 26.3 Å². The van der Waals surface area contributed by atoms with Crippen LogP contribution in [0.5, 0.6) is 5.75 Å². The molecule has 1 aromatic carbocycles. The summed E-state index contributed by atoms with van der Waals surface area (Å²) in [5.74, 6) is 0.701. The SMILES string of the molecule is CCNCc1cc([N+](=O)[O-])ccc1OC(C)C. The standard InChI is InChI=1S/C12H18N2O3/c1-4-13-8-10-7-11(14(15)16)5-6-12(10)17-9(2)3/h5-7,9,13H,4,8H2,1-3H3. The van der Waals surface area contributed by atoms with E-state index in [1.807, 2.05) is 20.8 Å². The fraction of sp³-hybridized carbons (Fsp3) is 0.500. The van der Waals surface area contributed by atoms with E-state index in [1.165, 1.54) is 6.07 Å². The molecule has 0 aliphatic carbocycles. The summed E-state index contributed by atoms with van der Waals surface area (Å²) in [6.07, 6.45) is 0.0526. The molecule has 0 aliphatic rings. The third-order valence-corrected chi connectivity index (χ3v) is 2.18. The van der Waals surface area contributed by atoms with Crippen molar-refractivity contribution < 1.29 is 9.66 Å². The van der Waals surface area contributed by atoms with E-state index in [1.54, 1.807) is 12.1 Å². The number of nitro benzene ring substituents is 1. The van der Waals surface area contributed by atoms with Crippen LogP contribution < -0.4 is 10.1 Å². The number of nitrogens with zero attached hydrogens (tertiary/aromatic N) is 1. The average molecular weight is 238 g/mol. The second kappa shape index (κ2) is 6.20. The van der Waals surface area contributed by atoms with Crippen LogP contribution in [0.3, 0.4) is 0 Å². The first-order valence-electron chi connectivity index (χ1n) is 5.69. The van der Waals surface area contributed by atoms with Gasteiger partial charge in [-0.2, -0.15) is 0 Å².